The number of ether oxygens (including phenoxy) is 2. The summed E-state index contributed by atoms with van der Waals surface area (Å²) in [6.07, 6.45) is -5.10. The maximum absolute atomic E-state index is 14.8. The zero-order valence-electron chi connectivity index (χ0n) is 17.7. The number of hydrogen-bond donors (Lipinski definition) is 1. The Kier molecular flexibility index (Phi) is 6.80. The van der Waals surface area contributed by atoms with Gasteiger partial charge in [-0.05, 0) is 12.1 Å². The number of nitro benzene ring substituents is 1. The molecule has 190 valence electrons. The minimum Gasteiger partial charge on any atom is -0.479 e. The summed E-state index contributed by atoms with van der Waals surface area (Å²) in [5.74, 6) is -5.82. The second kappa shape index (κ2) is 9.47. The zero-order chi connectivity index (χ0) is 26.9. The van der Waals surface area contributed by atoms with Gasteiger partial charge in [0.1, 0.15) is 11.5 Å². The molecule has 0 aliphatic rings. The fraction of sp³-hybridized carbons (Fsp3) is 0.150. The van der Waals surface area contributed by atoms with Crippen LogP contribution in [0, 0.1) is 21.7 Å². The average Bonchev–Trinajstić information content (AvgIpc) is 2.76. The van der Waals surface area contributed by atoms with E-state index in [1.165, 1.54) is 0 Å². The summed E-state index contributed by atoms with van der Waals surface area (Å²) in [6, 6.07) is 3.14. The third-order valence-electron chi connectivity index (χ3n) is 4.55. The summed E-state index contributed by atoms with van der Waals surface area (Å²) in [7, 11) is 0.667. The van der Waals surface area contributed by atoms with Gasteiger partial charge in [0.2, 0.25) is 5.75 Å². The molecular weight excluding hydrogens is 505 g/mol. The van der Waals surface area contributed by atoms with E-state index in [2.05, 4.69) is 0 Å². The summed E-state index contributed by atoms with van der Waals surface area (Å²) >= 11 is 0. The first kappa shape index (κ1) is 25.9. The maximum Gasteiger partial charge on any atom is 0.431 e. The number of halogens is 5. The van der Waals surface area contributed by atoms with Crippen LogP contribution in [0.3, 0.4) is 0 Å². The molecule has 16 heteroatoms. The molecule has 3 rings (SSSR count). The van der Waals surface area contributed by atoms with Crippen molar-refractivity contribution in [3.8, 4) is 22.9 Å². The molecule has 0 bridgehead atoms. The number of carboxylic acids is 1. The minimum atomic E-state index is -5.10. The van der Waals surface area contributed by atoms with Gasteiger partial charge in [-0.1, -0.05) is 0 Å². The molecule has 0 aliphatic heterocycles. The molecule has 0 unspecified atom stereocenters. The van der Waals surface area contributed by atoms with Gasteiger partial charge in [0.15, 0.2) is 23.9 Å². The molecular formula is C20H12F5N3O8. The Morgan fingerprint density at radius 2 is 1.75 bits per heavy atom. The molecule has 1 N–H and O–H groups in total. The van der Waals surface area contributed by atoms with E-state index < -0.39 is 80.9 Å². The van der Waals surface area contributed by atoms with Crippen molar-refractivity contribution in [3.63, 3.8) is 0 Å². The van der Waals surface area contributed by atoms with Crippen LogP contribution in [-0.2, 0) is 18.0 Å². The van der Waals surface area contributed by atoms with Crippen molar-refractivity contribution >= 4 is 11.7 Å². The summed E-state index contributed by atoms with van der Waals surface area (Å²) < 4.78 is 78.0. The van der Waals surface area contributed by atoms with Crippen LogP contribution in [0.4, 0.5) is 27.6 Å². The van der Waals surface area contributed by atoms with Gasteiger partial charge in [0, 0.05) is 25.2 Å². The van der Waals surface area contributed by atoms with E-state index in [0.29, 0.717) is 19.2 Å². The molecule has 1 aromatic heterocycles. The normalized spacial score (nSPS) is 11.3. The highest BCUT2D eigenvalue weighted by atomic mass is 19.4. The van der Waals surface area contributed by atoms with Gasteiger partial charge < -0.3 is 14.6 Å². The third-order valence-corrected chi connectivity index (χ3v) is 4.55. The van der Waals surface area contributed by atoms with Crippen molar-refractivity contribution in [3.05, 3.63) is 84.7 Å². The van der Waals surface area contributed by atoms with Gasteiger partial charge in [-0.2, -0.15) is 13.2 Å². The molecule has 0 atom stereocenters. The van der Waals surface area contributed by atoms with Crippen molar-refractivity contribution < 1.29 is 46.3 Å². The Hall–Kier alpha value is -4.76. The van der Waals surface area contributed by atoms with Gasteiger partial charge in [-0.15, -0.1) is 0 Å². The highest BCUT2D eigenvalue weighted by Gasteiger charge is 2.35. The molecule has 2 aromatic carbocycles. The van der Waals surface area contributed by atoms with Gasteiger partial charge >= 0.3 is 23.5 Å². The van der Waals surface area contributed by atoms with Crippen LogP contribution in [0.5, 0.6) is 17.2 Å². The van der Waals surface area contributed by atoms with Crippen LogP contribution < -0.4 is 20.7 Å². The molecule has 3 aromatic rings. The Balaban J connectivity index is 2.23. The number of alkyl halides is 3. The largest absolute Gasteiger partial charge is 0.479 e. The molecule has 0 aliphatic carbocycles. The predicted octanol–water partition coefficient (Wildman–Crippen LogP) is 3.00. The van der Waals surface area contributed by atoms with Gasteiger partial charge in [-0.25, -0.2) is 22.9 Å². The van der Waals surface area contributed by atoms with Crippen molar-refractivity contribution in [2.45, 2.75) is 6.18 Å². The van der Waals surface area contributed by atoms with E-state index in [0.717, 1.165) is 12.1 Å². The topological polar surface area (TPSA) is 143 Å². The Bertz CT molecular complexity index is 1500. The quantitative estimate of drug-likeness (QED) is 0.286. The molecule has 1 heterocycles. The molecule has 0 saturated carbocycles. The summed E-state index contributed by atoms with van der Waals surface area (Å²) in [5, 5.41) is 20.2. The molecule has 0 fully saturated rings. The Morgan fingerprint density at radius 1 is 1.08 bits per heavy atom. The second-order valence-corrected chi connectivity index (χ2v) is 6.95. The van der Waals surface area contributed by atoms with Crippen molar-refractivity contribution in [2.24, 2.45) is 7.05 Å². The van der Waals surface area contributed by atoms with E-state index in [1.807, 2.05) is 0 Å². The van der Waals surface area contributed by atoms with Crippen molar-refractivity contribution in [1.29, 1.82) is 0 Å². The average molecular weight is 517 g/mol. The van der Waals surface area contributed by atoms with E-state index in [1.54, 1.807) is 0 Å². The lowest BCUT2D eigenvalue weighted by molar-refractivity contribution is -0.385. The first-order valence-corrected chi connectivity index (χ1v) is 9.41. The first-order valence-electron chi connectivity index (χ1n) is 9.41. The van der Waals surface area contributed by atoms with Gasteiger partial charge in [0.25, 0.3) is 5.56 Å². The number of nitrogens with zero attached hydrogens (tertiary/aromatic N) is 3. The van der Waals surface area contributed by atoms with E-state index in [-0.39, 0.29) is 21.3 Å². The highest BCUT2D eigenvalue weighted by molar-refractivity contribution is 5.68. The van der Waals surface area contributed by atoms with Crippen LogP contribution in [0.15, 0.2) is 46.0 Å². The highest BCUT2D eigenvalue weighted by Crippen LogP contribution is 2.38. The molecule has 0 amide bonds. The Labute approximate surface area is 195 Å². The standard InChI is InChI=1S/C20H12F5N3O8/c1-26-16(20(23,24)25)7-17(29)27(19(26)32)11-6-14(12(28(33)34)5-10(11)22)36-15-4-9(21)2-3-13(15)35-8-18(30)31/h2-7H,8H2,1H3,(H,30,31). The number of aromatic nitrogens is 2. The summed E-state index contributed by atoms with van der Waals surface area (Å²) in [6.45, 7) is -0.921. The number of carbonyl (C=O) groups is 1. The molecule has 36 heavy (non-hydrogen) atoms. The molecule has 11 nitrogen and oxygen atoms in total. The van der Waals surface area contributed by atoms with E-state index in [9.17, 15) is 46.5 Å². The van der Waals surface area contributed by atoms with E-state index >= 15 is 0 Å². The number of benzene rings is 2. The first-order chi connectivity index (χ1) is 16.7. The van der Waals surface area contributed by atoms with Crippen LogP contribution in [0.2, 0.25) is 0 Å². The second-order valence-electron chi connectivity index (χ2n) is 6.95. The lowest BCUT2D eigenvalue weighted by atomic mass is 10.2. The van der Waals surface area contributed by atoms with Gasteiger partial charge in [0.05, 0.1) is 16.7 Å². The molecule has 0 saturated heterocycles. The SMILES string of the molecule is Cn1c(C(F)(F)F)cc(=O)n(-c2cc(Oc3cc(F)ccc3OCC(=O)O)c([N+](=O)[O-])cc2F)c1=O. The number of hydrogen-bond acceptors (Lipinski definition) is 7. The smallest absolute Gasteiger partial charge is 0.431 e. The maximum atomic E-state index is 14.8. The van der Waals surface area contributed by atoms with Crippen LogP contribution in [-0.4, -0.2) is 31.7 Å². The zero-order valence-corrected chi connectivity index (χ0v) is 17.7. The molecule has 0 radical (unpaired) electrons. The summed E-state index contributed by atoms with van der Waals surface area (Å²) in [5.41, 5.74) is -6.97. The van der Waals surface area contributed by atoms with Crippen LogP contribution in [0.25, 0.3) is 5.69 Å². The summed E-state index contributed by atoms with van der Waals surface area (Å²) in [4.78, 5) is 45.9. The van der Waals surface area contributed by atoms with Crippen LogP contribution in [0.1, 0.15) is 5.69 Å². The lowest BCUT2D eigenvalue weighted by Crippen LogP contribution is -2.41. The van der Waals surface area contributed by atoms with Crippen LogP contribution >= 0.6 is 0 Å². The van der Waals surface area contributed by atoms with E-state index in [4.69, 9.17) is 14.6 Å². The monoisotopic (exact) mass is 517 g/mol. The number of carboxylic acid groups (broad SMARTS) is 1. The third kappa shape index (κ3) is 5.16. The lowest BCUT2D eigenvalue weighted by Gasteiger charge is -2.16. The number of aliphatic carboxylic acids is 1. The fourth-order valence-electron chi connectivity index (χ4n) is 2.99. The Morgan fingerprint density at radius 3 is 2.33 bits per heavy atom. The fourth-order valence-corrected chi connectivity index (χ4v) is 2.99. The van der Waals surface area contributed by atoms with Crippen molar-refractivity contribution in [1.82, 2.24) is 9.13 Å². The minimum absolute atomic E-state index is 0.0193. The van der Waals surface area contributed by atoms with Crippen molar-refractivity contribution in [2.75, 3.05) is 6.61 Å². The predicted molar refractivity (Wildman–Crippen MR) is 108 cm³/mol. The molecule has 0 spiro atoms. The number of nitro groups is 1. The number of rotatable bonds is 7. The van der Waals surface area contributed by atoms with Gasteiger partial charge in [-0.3, -0.25) is 19.5 Å².